The third-order valence-corrected chi connectivity index (χ3v) is 3.93. The molecule has 1 fully saturated rings. The van der Waals surface area contributed by atoms with Crippen LogP contribution in [-0.4, -0.2) is 29.2 Å². The molecule has 0 aromatic heterocycles. The Labute approximate surface area is 130 Å². The lowest BCUT2D eigenvalue weighted by atomic mass is 10.0. The van der Waals surface area contributed by atoms with E-state index in [1.165, 1.54) is 0 Å². The van der Waals surface area contributed by atoms with Gasteiger partial charge < -0.3 is 15.2 Å². The van der Waals surface area contributed by atoms with Gasteiger partial charge in [0.2, 0.25) is 5.91 Å². The van der Waals surface area contributed by atoms with Gasteiger partial charge in [0.1, 0.15) is 0 Å². The largest absolute Gasteiger partial charge is 0.481 e. The van der Waals surface area contributed by atoms with E-state index in [0.29, 0.717) is 12.8 Å². The maximum atomic E-state index is 12.1. The van der Waals surface area contributed by atoms with Crippen molar-refractivity contribution in [1.29, 1.82) is 0 Å². The molecule has 2 rings (SSSR count). The molecule has 5 nitrogen and oxygen atoms in total. The van der Waals surface area contributed by atoms with Gasteiger partial charge in [0.25, 0.3) is 0 Å². The molecule has 0 unspecified atom stereocenters. The zero-order valence-corrected chi connectivity index (χ0v) is 12.8. The van der Waals surface area contributed by atoms with Crippen LogP contribution in [-0.2, 0) is 14.3 Å². The molecule has 0 bridgehead atoms. The van der Waals surface area contributed by atoms with E-state index in [-0.39, 0.29) is 24.5 Å². The zero-order chi connectivity index (χ0) is 15.9. The highest BCUT2D eigenvalue weighted by molar-refractivity contribution is 5.77. The number of benzene rings is 1. The second kappa shape index (κ2) is 7.94. The average molecular weight is 305 g/mol. The van der Waals surface area contributed by atoms with Crippen molar-refractivity contribution >= 4 is 11.9 Å². The monoisotopic (exact) mass is 305 g/mol. The lowest BCUT2D eigenvalue weighted by Gasteiger charge is -2.18. The summed E-state index contributed by atoms with van der Waals surface area (Å²) >= 11 is 0. The molecule has 0 aliphatic carbocycles. The molecule has 1 aromatic rings. The summed E-state index contributed by atoms with van der Waals surface area (Å²) in [5, 5.41) is 11.8. The van der Waals surface area contributed by atoms with Gasteiger partial charge in [-0.2, -0.15) is 0 Å². The van der Waals surface area contributed by atoms with Crippen molar-refractivity contribution in [2.24, 2.45) is 0 Å². The van der Waals surface area contributed by atoms with Gasteiger partial charge in [0, 0.05) is 6.42 Å². The van der Waals surface area contributed by atoms with Gasteiger partial charge in [-0.1, -0.05) is 30.3 Å². The van der Waals surface area contributed by atoms with Crippen LogP contribution >= 0.6 is 0 Å². The molecule has 0 saturated carbocycles. The Morgan fingerprint density at radius 2 is 2.05 bits per heavy atom. The minimum Gasteiger partial charge on any atom is -0.481 e. The van der Waals surface area contributed by atoms with Gasteiger partial charge in [-0.05, 0) is 31.7 Å². The lowest BCUT2D eigenvalue weighted by Crippen LogP contribution is -2.30. The number of aliphatic carboxylic acids is 1. The summed E-state index contributed by atoms with van der Waals surface area (Å²) in [6.07, 6.45) is 3.38. The normalized spacial score (nSPS) is 22.2. The minimum absolute atomic E-state index is 0.118. The molecule has 1 amide bonds. The number of carbonyl (C=O) groups is 2. The molecule has 22 heavy (non-hydrogen) atoms. The van der Waals surface area contributed by atoms with E-state index in [4.69, 9.17) is 9.84 Å². The van der Waals surface area contributed by atoms with Gasteiger partial charge in [0.15, 0.2) is 0 Å². The highest BCUT2D eigenvalue weighted by atomic mass is 16.5. The van der Waals surface area contributed by atoms with E-state index in [0.717, 1.165) is 18.4 Å². The van der Waals surface area contributed by atoms with E-state index in [9.17, 15) is 9.59 Å². The molecule has 0 radical (unpaired) electrons. The van der Waals surface area contributed by atoms with Crippen molar-refractivity contribution in [3.8, 4) is 0 Å². The summed E-state index contributed by atoms with van der Waals surface area (Å²) in [5.41, 5.74) is 0.809. The van der Waals surface area contributed by atoms with Crippen LogP contribution in [0.25, 0.3) is 0 Å². The van der Waals surface area contributed by atoms with Crippen molar-refractivity contribution in [2.75, 3.05) is 0 Å². The third-order valence-electron chi connectivity index (χ3n) is 3.93. The predicted octanol–water partition coefficient (Wildman–Crippen LogP) is 2.67. The Kier molecular flexibility index (Phi) is 5.95. The summed E-state index contributed by atoms with van der Waals surface area (Å²) in [7, 11) is 0. The van der Waals surface area contributed by atoms with Crippen molar-refractivity contribution in [3.05, 3.63) is 35.9 Å². The summed E-state index contributed by atoms with van der Waals surface area (Å²) in [4.78, 5) is 23.1. The van der Waals surface area contributed by atoms with Gasteiger partial charge in [0.05, 0.1) is 24.7 Å². The smallest absolute Gasteiger partial charge is 0.305 e. The number of nitrogens with one attached hydrogen (secondary N) is 1. The van der Waals surface area contributed by atoms with Gasteiger partial charge >= 0.3 is 5.97 Å². The lowest BCUT2D eigenvalue weighted by molar-refractivity contribution is -0.137. The third kappa shape index (κ3) is 5.15. The number of hydrogen-bond donors (Lipinski definition) is 2. The minimum atomic E-state index is -0.929. The molecule has 2 N–H and O–H groups in total. The summed E-state index contributed by atoms with van der Waals surface area (Å²) < 4.78 is 5.69. The first-order chi connectivity index (χ1) is 10.5. The second-order valence-corrected chi connectivity index (χ2v) is 5.81. The fourth-order valence-electron chi connectivity index (χ4n) is 2.77. The SMILES string of the molecule is C[C@@H]1CC[C@@H](CCC(=O)N[C@@H](CC(=O)O)c2ccccc2)O1. The average Bonchev–Trinajstić information content (AvgIpc) is 2.91. The van der Waals surface area contributed by atoms with Gasteiger partial charge in [-0.15, -0.1) is 0 Å². The molecule has 1 aliphatic rings. The van der Waals surface area contributed by atoms with Gasteiger partial charge in [-0.25, -0.2) is 0 Å². The van der Waals surface area contributed by atoms with E-state index < -0.39 is 12.0 Å². The van der Waals surface area contributed by atoms with E-state index in [2.05, 4.69) is 5.32 Å². The summed E-state index contributed by atoms with van der Waals surface area (Å²) in [5.74, 6) is -1.06. The molecule has 3 atom stereocenters. The number of carboxylic acids is 1. The maximum absolute atomic E-state index is 12.1. The summed E-state index contributed by atoms with van der Waals surface area (Å²) in [6.45, 7) is 2.04. The number of hydrogen-bond acceptors (Lipinski definition) is 3. The standard InChI is InChI=1S/C17H23NO4/c1-12-7-8-14(22-12)9-10-16(19)18-15(11-17(20)21)13-5-3-2-4-6-13/h2-6,12,14-15H,7-11H2,1H3,(H,18,19)(H,20,21)/t12-,14+,15+/m1/s1. The Balaban J connectivity index is 1.86. The highest BCUT2D eigenvalue weighted by Crippen LogP contribution is 2.23. The van der Waals surface area contributed by atoms with Crippen molar-refractivity contribution < 1.29 is 19.4 Å². The van der Waals surface area contributed by atoms with E-state index in [1.54, 1.807) is 0 Å². The maximum Gasteiger partial charge on any atom is 0.305 e. The molecule has 0 spiro atoms. The Bertz CT molecular complexity index is 503. The highest BCUT2D eigenvalue weighted by Gasteiger charge is 2.23. The number of carboxylic acid groups (broad SMARTS) is 1. The molecular formula is C17H23NO4. The Morgan fingerprint density at radius 1 is 1.32 bits per heavy atom. The quantitative estimate of drug-likeness (QED) is 0.812. The molecule has 1 saturated heterocycles. The van der Waals surface area contributed by atoms with Crippen LogP contribution in [0.2, 0.25) is 0 Å². The first-order valence-corrected chi connectivity index (χ1v) is 7.76. The van der Waals surface area contributed by atoms with Crippen molar-refractivity contribution in [1.82, 2.24) is 5.32 Å². The number of ether oxygens (including phenoxy) is 1. The fourth-order valence-corrected chi connectivity index (χ4v) is 2.77. The Morgan fingerprint density at radius 3 is 2.64 bits per heavy atom. The first kappa shape index (κ1) is 16.5. The van der Waals surface area contributed by atoms with Crippen LogP contribution in [0.15, 0.2) is 30.3 Å². The zero-order valence-electron chi connectivity index (χ0n) is 12.8. The molecule has 5 heteroatoms. The van der Waals surface area contributed by atoms with Crippen LogP contribution in [0.1, 0.15) is 50.6 Å². The molecule has 1 heterocycles. The first-order valence-electron chi connectivity index (χ1n) is 7.76. The fraction of sp³-hybridized carbons (Fsp3) is 0.529. The van der Waals surface area contributed by atoms with E-state index >= 15 is 0 Å². The van der Waals surface area contributed by atoms with Crippen LogP contribution in [0.5, 0.6) is 0 Å². The number of amides is 1. The molecule has 1 aliphatic heterocycles. The molecule has 120 valence electrons. The Hall–Kier alpha value is -1.88. The van der Waals surface area contributed by atoms with Crippen LogP contribution in [0, 0.1) is 0 Å². The van der Waals surface area contributed by atoms with Gasteiger partial charge in [-0.3, -0.25) is 9.59 Å². The van der Waals surface area contributed by atoms with Crippen LogP contribution in [0.3, 0.4) is 0 Å². The number of rotatable bonds is 7. The second-order valence-electron chi connectivity index (χ2n) is 5.81. The van der Waals surface area contributed by atoms with Crippen molar-refractivity contribution in [2.45, 2.75) is 57.3 Å². The molecule has 1 aromatic carbocycles. The van der Waals surface area contributed by atoms with Crippen molar-refractivity contribution in [3.63, 3.8) is 0 Å². The predicted molar refractivity (Wildman–Crippen MR) is 82.4 cm³/mol. The van der Waals surface area contributed by atoms with Crippen LogP contribution < -0.4 is 5.32 Å². The molecular weight excluding hydrogens is 282 g/mol. The van der Waals surface area contributed by atoms with E-state index in [1.807, 2.05) is 37.3 Å². The topological polar surface area (TPSA) is 75.6 Å². The van der Waals surface area contributed by atoms with Crippen LogP contribution in [0.4, 0.5) is 0 Å². The summed E-state index contributed by atoms with van der Waals surface area (Å²) in [6, 6.07) is 8.70. The number of carbonyl (C=O) groups excluding carboxylic acids is 1.